The molecule has 4 aromatic carbocycles. The third-order valence-corrected chi connectivity index (χ3v) is 11.5. The number of rotatable bonds is 22. The van der Waals surface area contributed by atoms with Gasteiger partial charge < -0.3 is 9.11 Å². The van der Waals surface area contributed by atoms with E-state index >= 15 is 0 Å². The average Bonchev–Trinajstić information content (AvgIpc) is 3.09. The maximum absolute atomic E-state index is 11.8. The summed E-state index contributed by atoms with van der Waals surface area (Å²) in [4.78, 5) is -0.0460. The van der Waals surface area contributed by atoms with Crippen LogP contribution < -0.4 is 0 Å². The molecule has 9 heteroatoms. The van der Waals surface area contributed by atoms with E-state index < -0.39 is 20.2 Å². The molecule has 0 N–H and O–H groups in total. The van der Waals surface area contributed by atoms with Crippen LogP contribution in [0.15, 0.2) is 82.6 Å². The second-order valence-corrected chi connectivity index (χ2v) is 16.2. The number of hydrogen-bond donors (Lipinski definition) is 0. The van der Waals surface area contributed by atoms with Gasteiger partial charge in [-0.1, -0.05) is 189 Å². The van der Waals surface area contributed by atoms with Crippen molar-refractivity contribution in [2.75, 3.05) is 0 Å². The molecule has 0 fully saturated rings. The molecule has 51 heavy (non-hydrogen) atoms. The molecule has 0 saturated heterocycles. The fraction of sp³-hybridized carbons (Fsp3) is 0.524. The van der Waals surface area contributed by atoms with Crippen LogP contribution in [0.1, 0.15) is 141 Å². The molecule has 0 amide bonds. The Hall–Kier alpha value is -1.52. The number of unbranched alkanes of at least 4 members (excludes halogenated alkanes) is 16. The van der Waals surface area contributed by atoms with Crippen LogP contribution in [0.5, 0.6) is 0 Å². The van der Waals surface area contributed by atoms with Gasteiger partial charge in [-0.3, -0.25) is 0 Å². The first-order chi connectivity index (χ1) is 24.1. The molecule has 0 unspecified atom stereocenters. The molecule has 0 aliphatic rings. The Morgan fingerprint density at radius 2 is 0.706 bits per heavy atom. The first-order valence-electron chi connectivity index (χ1n) is 19.0. The maximum Gasteiger partial charge on any atom is 2.00 e. The first kappa shape index (κ1) is 45.6. The summed E-state index contributed by atoms with van der Waals surface area (Å²) in [6, 6.07) is 21.8. The molecular weight excluding hydrogens is 705 g/mol. The minimum absolute atomic E-state index is 0. The molecule has 0 aromatic heterocycles. The van der Waals surface area contributed by atoms with Crippen LogP contribution in [0.3, 0.4) is 0 Å². The zero-order valence-corrected chi connectivity index (χ0v) is 34.9. The van der Waals surface area contributed by atoms with Crippen LogP contribution in [0, 0.1) is 0 Å². The van der Waals surface area contributed by atoms with Gasteiger partial charge >= 0.3 is 37.7 Å². The summed E-state index contributed by atoms with van der Waals surface area (Å²) in [6.07, 6.45) is 23.2. The van der Waals surface area contributed by atoms with E-state index in [0.29, 0.717) is 34.7 Å². The van der Waals surface area contributed by atoms with Gasteiger partial charge in [-0.25, -0.2) is 16.8 Å². The molecule has 0 heterocycles. The smallest absolute Gasteiger partial charge is 0.744 e. The van der Waals surface area contributed by atoms with Gasteiger partial charge in [0.15, 0.2) is 0 Å². The van der Waals surface area contributed by atoms with Crippen LogP contribution in [0.25, 0.3) is 21.5 Å². The minimum Gasteiger partial charge on any atom is -0.744 e. The Balaban J connectivity index is 0.000000347. The molecule has 4 rings (SSSR count). The summed E-state index contributed by atoms with van der Waals surface area (Å²) in [5, 5.41) is 2.69. The van der Waals surface area contributed by atoms with Crippen molar-refractivity contribution < 1.29 is 25.9 Å². The van der Waals surface area contributed by atoms with Crippen LogP contribution in [-0.2, 0) is 33.1 Å². The molecule has 4 aromatic rings. The summed E-state index contributed by atoms with van der Waals surface area (Å²) in [5.41, 5.74) is 1.33. The monoisotopic (exact) mass is 762 g/mol. The van der Waals surface area contributed by atoms with Crippen molar-refractivity contribution in [3.63, 3.8) is 0 Å². The fourth-order valence-electron chi connectivity index (χ4n) is 6.81. The van der Waals surface area contributed by atoms with Crippen LogP contribution in [0.2, 0.25) is 0 Å². The van der Waals surface area contributed by atoms with Crippen molar-refractivity contribution in [1.29, 1.82) is 0 Å². The van der Waals surface area contributed by atoms with E-state index in [1.54, 1.807) is 36.4 Å². The van der Waals surface area contributed by atoms with E-state index in [1.165, 1.54) is 89.9 Å². The molecule has 0 atom stereocenters. The van der Waals surface area contributed by atoms with Crippen LogP contribution in [0.4, 0.5) is 0 Å². The van der Waals surface area contributed by atoms with Crippen molar-refractivity contribution in [1.82, 2.24) is 0 Å². The molecule has 0 aliphatic carbocycles. The Kier molecular flexibility index (Phi) is 22.1. The Bertz CT molecular complexity index is 1670. The second kappa shape index (κ2) is 24.7. The zero-order valence-electron chi connectivity index (χ0n) is 31.0. The number of fused-ring (bicyclic) bond motifs is 2. The van der Waals surface area contributed by atoms with E-state index in [2.05, 4.69) is 13.8 Å². The van der Waals surface area contributed by atoms with E-state index in [4.69, 9.17) is 0 Å². The summed E-state index contributed by atoms with van der Waals surface area (Å²) < 4.78 is 70.6. The zero-order chi connectivity index (χ0) is 36.2. The van der Waals surface area contributed by atoms with Gasteiger partial charge in [-0.2, -0.15) is 0 Å². The Labute approximate surface area is 338 Å². The SMILES string of the molecule is CCCCCCCCCCCc1ccc2ccccc2c1S(=O)(=O)[O-].CCCCCCCCCCCc1ccc2ccccc2c1S(=O)(=O)[O-].[Ca+2]. The van der Waals surface area contributed by atoms with Crippen molar-refractivity contribution in [3.8, 4) is 0 Å². The van der Waals surface area contributed by atoms with Crippen molar-refractivity contribution >= 4 is 79.5 Å². The normalized spacial score (nSPS) is 11.7. The van der Waals surface area contributed by atoms with Gasteiger partial charge in [0.1, 0.15) is 20.2 Å². The number of benzene rings is 4. The van der Waals surface area contributed by atoms with Crippen molar-refractivity contribution in [3.05, 3.63) is 83.9 Å². The summed E-state index contributed by atoms with van der Waals surface area (Å²) in [7, 11) is -8.94. The first-order valence-corrected chi connectivity index (χ1v) is 21.8. The summed E-state index contributed by atoms with van der Waals surface area (Å²) in [5.74, 6) is 0. The van der Waals surface area contributed by atoms with E-state index in [9.17, 15) is 25.9 Å². The standard InChI is InChI=1S/2C21H30O3S.Ca/c2*1-2-3-4-5-6-7-8-9-10-14-19-17-16-18-13-11-12-15-20(18)21(19)25(22,23)24;/h2*11-13,15-17H,2-10,14H2,1H3,(H,22,23,24);/q;;+2/p-2. The number of hydrogen-bond acceptors (Lipinski definition) is 6. The van der Waals surface area contributed by atoms with Gasteiger partial charge in [0.2, 0.25) is 0 Å². The van der Waals surface area contributed by atoms with Crippen LogP contribution in [-0.4, -0.2) is 63.7 Å². The maximum atomic E-state index is 11.8. The van der Waals surface area contributed by atoms with Gasteiger partial charge in [-0.15, -0.1) is 0 Å². The molecule has 0 saturated carbocycles. The van der Waals surface area contributed by atoms with Gasteiger partial charge in [0.25, 0.3) is 0 Å². The average molecular weight is 763 g/mol. The van der Waals surface area contributed by atoms with E-state index in [-0.39, 0.29) is 47.5 Å². The predicted octanol–water partition coefficient (Wildman–Crippen LogP) is 11.3. The Morgan fingerprint density at radius 3 is 1.02 bits per heavy atom. The van der Waals surface area contributed by atoms with Crippen LogP contribution >= 0.6 is 0 Å². The number of aryl methyl sites for hydroxylation is 2. The van der Waals surface area contributed by atoms with Crippen molar-refractivity contribution in [2.45, 2.75) is 152 Å². The topological polar surface area (TPSA) is 114 Å². The third kappa shape index (κ3) is 16.2. The molecule has 0 radical (unpaired) electrons. The molecule has 0 spiro atoms. The molecule has 6 nitrogen and oxygen atoms in total. The third-order valence-electron chi connectivity index (χ3n) is 9.52. The fourth-order valence-corrected chi connectivity index (χ4v) is 8.71. The van der Waals surface area contributed by atoms with E-state index in [1.807, 2.05) is 36.4 Å². The molecule has 276 valence electrons. The van der Waals surface area contributed by atoms with Crippen molar-refractivity contribution in [2.24, 2.45) is 0 Å². The largest absolute Gasteiger partial charge is 2.00 e. The minimum atomic E-state index is -4.47. The van der Waals surface area contributed by atoms with Gasteiger partial charge in [0.05, 0.1) is 9.79 Å². The van der Waals surface area contributed by atoms with Gasteiger partial charge in [0, 0.05) is 0 Å². The second-order valence-electron chi connectivity index (χ2n) is 13.6. The summed E-state index contributed by atoms with van der Waals surface area (Å²) >= 11 is 0. The molecule has 0 bridgehead atoms. The quantitative estimate of drug-likeness (QED) is 0.0447. The Morgan fingerprint density at radius 1 is 0.412 bits per heavy atom. The molecular formula is C42H58CaO6S2. The molecule has 0 aliphatic heterocycles. The van der Waals surface area contributed by atoms with E-state index in [0.717, 1.165) is 36.5 Å². The van der Waals surface area contributed by atoms with Gasteiger partial charge in [-0.05, 0) is 58.4 Å². The summed E-state index contributed by atoms with van der Waals surface area (Å²) in [6.45, 7) is 4.45. The predicted molar refractivity (Wildman–Crippen MR) is 211 cm³/mol.